The fourth-order valence-electron chi connectivity index (χ4n) is 3.78. The molecule has 3 heterocycles. The van der Waals surface area contributed by atoms with Crippen molar-refractivity contribution >= 4 is 22.4 Å². The van der Waals surface area contributed by atoms with Gasteiger partial charge in [0, 0.05) is 11.3 Å². The van der Waals surface area contributed by atoms with Gasteiger partial charge in [0.05, 0.1) is 19.4 Å². The Hall–Kier alpha value is -4.38. The number of para-hydroxylation sites is 1. The molecule has 0 spiro atoms. The maximum atomic E-state index is 13.4. The van der Waals surface area contributed by atoms with Crippen LogP contribution < -0.4 is 10.3 Å². The van der Waals surface area contributed by atoms with E-state index in [-0.39, 0.29) is 17.0 Å². The molecule has 0 bridgehead atoms. The Bertz CT molecular complexity index is 1570. The number of aromatic amines is 1. The molecule has 0 aliphatic carbocycles. The number of benzene rings is 2. The molecule has 0 saturated carbocycles. The average Bonchev–Trinajstić information content (AvgIpc) is 3.34. The highest BCUT2D eigenvalue weighted by atomic mass is 16.5. The Morgan fingerprint density at radius 2 is 1.87 bits per heavy atom. The molecule has 0 saturated heterocycles. The second kappa shape index (κ2) is 6.85. The van der Waals surface area contributed by atoms with E-state index in [4.69, 9.17) is 20.7 Å². The third-order valence-corrected chi connectivity index (χ3v) is 5.24. The third kappa shape index (κ3) is 2.79. The first kappa shape index (κ1) is 18.6. The molecule has 0 unspecified atom stereocenters. The smallest absolute Gasteiger partial charge is 0.285 e. The molecule has 0 aliphatic rings. The number of rotatable bonds is 3. The maximum absolute atomic E-state index is 13.4. The number of nitrogens with zero attached hydrogens (tertiary/aromatic N) is 4. The highest BCUT2D eigenvalue weighted by Crippen LogP contribution is 2.32. The van der Waals surface area contributed by atoms with Gasteiger partial charge in [-0.2, -0.15) is 0 Å². The van der Waals surface area contributed by atoms with Crippen LogP contribution in [0.1, 0.15) is 11.4 Å². The SMILES string of the molecule is [C-]#[N+]c1ccc(-c2c(C)[nH]n3c(=O)c(-c4nc5c(OC)cccc5o4)c(C)nc23)cc1. The molecular formula is C23H17N5O3. The van der Waals surface area contributed by atoms with Crippen molar-refractivity contribution in [3.05, 3.63) is 75.6 Å². The lowest BCUT2D eigenvalue weighted by Crippen LogP contribution is -2.19. The first-order chi connectivity index (χ1) is 15.0. The van der Waals surface area contributed by atoms with Crippen molar-refractivity contribution in [3.8, 4) is 28.3 Å². The number of methoxy groups -OCH3 is 1. The van der Waals surface area contributed by atoms with E-state index < -0.39 is 0 Å². The lowest BCUT2D eigenvalue weighted by molar-refractivity contribution is 0.419. The first-order valence-corrected chi connectivity index (χ1v) is 9.55. The van der Waals surface area contributed by atoms with E-state index in [1.54, 1.807) is 44.4 Å². The topological polar surface area (TPSA) is 89.8 Å². The van der Waals surface area contributed by atoms with Crippen molar-refractivity contribution in [1.82, 2.24) is 19.6 Å². The zero-order valence-corrected chi connectivity index (χ0v) is 17.1. The second-order valence-corrected chi connectivity index (χ2v) is 7.13. The van der Waals surface area contributed by atoms with Crippen LogP contribution in [0, 0.1) is 20.4 Å². The van der Waals surface area contributed by atoms with E-state index in [9.17, 15) is 4.79 Å². The summed E-state index contributed by atoms with van der Waals surface area (Å²) in [6, 6.07) is 12.6. The molecular weight excluding hydrogens is 394 g/mol. The summed E-state index contributed by atoms with van der Waals surface area (Å²) in [6.45, 7) is 10.8. The number of fused-ring (bicyclic) bond motifs is 2. The lowest BCUT2D eigenvalue weighted by atomic mass is 10.1. The summed E-state index contributed by atoms with van der Waals surface area (Å²) in [5, 5.41) is 3.10. The molecule has 0 aliphatic heterocycles. The van der Waals surface area contributed by atoms with Crippen molar-refractivity contribution in [1.29, 1.82) is 0 Å². The van der Waals surface area contributed by atoms with Gasteiger partial charge in [0.2, 0.25) is 5.89 Å². The van der Waals surface area contributed by atoms with Gasteiger partial charge in [-0.05, 0) is 31.5 Å². The van der Waals surface area contributed by atoms with Crippen LogP contribution in [0.15, 0.2) is 51.7 Å². The molecule has 5 rings (SSSR count). The number of H-pyrrole nitrogens is 1. The number of aryl methyl sites for hydroxylation is 2. The van der Waals surface area contributed by atoms with Crippen molar-refractivity contribution in [3.63, 3.8) is 0 Å². The van der Waals surface area contributed by atoms with E-state index >= 15 is 0 Å². The number of hydrogen-bond donors (Lipinski definition) is 1. The molecule has 0 atom stereocenters. The molecule has 1 N–H and O–H groups in total. The van der Waals surface area contributed by atoms with E-state index in [0.29, 0.717) is 33.9 Å². The van der Waals surface area contributed by atoms with Gasteiger partial charge >= 0.3 is 0 Å². The van der Waals surface area contributed by atoms with Crippen LogP contribution in [-0.4, -0.2) is 26.7 Å². The minimum absolute atomic E-state index is 0.194. The Morgan fingerprint density at radius 3 is 2.58 bits per heavy atom. The number of aromatic nitrogens is 4. The zero-order chi connectivity index (χ0) is 21.7. The molecule has 152 valence electrons. The van der Waals surface area contributed by atoms with Gasteiger partial charge in [-0.15, -0.1) is 0 Å². The van der Waals surface area contributed by atoms with E-state index in [1.807, 2.05) is 19.1 Å². The molecule has 0 fully saturated rings. The Morgan fingerprint density at radius 1 is 1.10 bits per heavy atom. The Labute approximate surface area is 176 Å². The fourth-order valence-corrected chi connectivity index (χ4v) is 3.78. The van der Waals surface area contributed by atoms with Gasteiger partial charge in [0.25, 0.3) is 5.56 Å². The van der Waals surface area contributed by atoms with Gasteiger partial charge in [-0.1, -0.05) is 30.3 Å². The van der Waals surface area contributed by atoms with E-state index in [0.717, 1.165) is 16.8 Å². The Kier molecular flexibility index (Phi) is 4.12. The summed E-state index contributed by atoms with van der Waals surface area (Å²) in [6.07, 6.45) is 0. The van der Waals surface area contributed by atoms with Crippen LogP contribution in [0.5, 0.6) is 5.75 Å². The van der Waals surface area contributed by atoms with Crippen molar-refractivity contribution in [2.45, 2.75) is 13.8 Å². The molecule has 8 heteroatoms. The summed E-state index contributed by atoms with van der Waals surface area (Å²) >= 11 is 0. The van der Waals surface area contributed by atoms with Crippen LogP contribution in [0.3, 0.4) is 0 Å². The highest BCUT2D eigenvalue weighted by molar-refractivity contribution is 5.84. The molecule has 31 heavy (non-hydrogen) atoms. The molecule has 0 amide bonds. The van der Waals surface area contributed by atoms with Gasteiger partial charge < -0.3 is 9.15 Å². The minimum atomic E-state index is -0.305. The van der Waals surface area contributed by atoms with Gasteiger partial charge in [-0.25, -0.2) is 19.3 Å². The number of oxazole rings is 1. The number of hydrogen-bond acceptors (Lipinski definition) is 5. The predicted molar refractivity (Wildman–Crippen MR) is 117 cm³/mol. The van der Waals surface area contributed by atoms with Crippen LogP contribution >= 0.6 is 0 Å². The Balaban J connectivity index is 1.74. The average molecular weight is 411 g/mol. The zero-order valence-electron chi connectivity index (χ0n) is 17.1. The quantitative estimate of drug-likeness (QED) is 0.436. The summed E-state index contributed by atoms with van der Waals surface area (Å²) in [5.74, 6) is 0.763. The fraction of sp³-hybridized carbons (Fsp3) is 0.130. The first-order valence-electron chi connectivity index (χ1n) is 9.55. The summed E-state index contributed by atoms with van der Waals surface area (Å²) in [4.78, 5) is 26.0. The summed E-state index contributed by atoms with van der Waals surface area (Å²) in [7, 11) is 1.56. The van der Waals surface area contributed by atoms with Gasteiger partial charge in [-0.3, -0.25) is 9.89 Å². The minimum Gasteiger partial charge on any atom is -0.494 e. The van der Waals surface area contributed by atoms with E-state index in [2.05, 4.69) is 14.9 Å². The van der Waals surface area contributed by atoms with Crippen LogP contribution in [0.4, 0.5) is 5.69 Å². The van der Waals surface area contributed by atoms with Crippen molar-refractivity contribution < 1.29 is 9.15 Å². The number of nitrogens with one attached hydrogen (secondary N) is 1. The van der Waals surface area contributed by atoms with Crippen LogP contribution in [0.25, 0.3) is 44.2 Å². The monoisotopic (exact) mass is 411 g/mol. The largest absolute Gasteiger partial charge is 0.494 e. The third-order valence-electron chi connectivity index (χ3n) is 5.24. The van der Waals surface area contributed by atoms with Gasteiger partial charge in [0.1, 0.15) is 11.3 Å². The van der Waals surface area contributed by atoms with Crippen LogP contribution in [0.2, 0.25) is 0 Å². The molecule has 3 aromatic heterocycles. The second-order valence-electron chi connectivity index (χ2n) is 7.13. The highest BCUT2D eigenvalue weighted by Gasteiger charge is 2.22. The normalized spacial score (nSPS) is 11.2. The molecule has 0 radical (unpaired) electrons. The summed E-state index contributed by atoms with van der Waals surface area (Å²) in [5.41, 5.74) is 5.09. The molecule has 5 aromatic rings. The molecule has 2 aromatic carbocycles. The van der Waals surface area contributed by atoms with Crippen molar-refractivity contribution in [2.24, 2.45) is 0 Å². The standard InChI is InChI=1S/C23H17N5O3/c1-12-19(22-26-20-16(30-4)6-5-7-17(20)31-22)23(29)28-21(25-12)18(13(2)27-28)14-8-10-15(24-3)11-9-14/h5-11,27H,1-2,4H3. The van der Waals surface area contributed by atoms with Gasteiger partial charge in [0.15, 0.2) is 22.4 Å². The summed E-state index contributed by atoms with van der Waals surface area (Å²) < 4.78 is 12.6. The lowest BCUT2D eigenvalue weighted by Gasteiger charge is -2.04. The van der Waals surface area contributed by atoms with Crippen LogP contribution in [-0.2, 0) is 0 Å². The predicted octanol–water partition coefficient (Wildman–Crippen LogP) is 4.67. The van der Waals surface area contributed by atoms with Crippen molar-refractivity contribution in [2.75, 3.05) is 7.11 Å². The molecule has 8 nitrogen and oxygen atoms in total. The van der Waals surface area contributed by atoms with E-state index in [1.165, 1.54) is 4.52 Å². The maximum Gasteiger partial charge on any atom is 0.285 e. The number of ether oxygens (including phenoxy) is 1.